The Morgan fingerprint density at radius 2 is 1.85 bits per heavy atom. The largest absolute Gasteiger partial charge is 0.364 e. The Labute approximate surface area is 194 Å². The highest BCUT2D eigenvalue weighted by molar-refractivity contribution is 7.89. The number of amides is 2. The van der Waals surface area contributed by atoms with Gasteiger partial charge in [0.1, 0.15) is 22.0 Å². The Kier molecular flexibility index (Phi) is 5.88. The van der Waals surface area contributed by atoms with Gasteiger partial charge in [-0.25, -0.2) is 13.4 Å². The van der Waals surface area contributed by atoms with Gasteiger partial charge in [-0.05, 0) is 25.5 Å². The first-order chi connectivity index (χ1) is 15.5. The molecule has 4 heterocycles. The number of aromatic nitrogens is 3. The summed E-state index contributed by atoms with van der Waals surface area (Å²) in [5.74, 6) is -0.999. The van der Waals surface area contributed by atoms with Crippen LogP contribution in [0.1, 0.15) is 20.9 Å². The normalized spacial score (nSPS) is 15.3. The number of thiophene rings is 1. The lowest BCUT2D eigenvalue weighted by atomic mass is 10.2. The summed E-state index contributed by atoms with van der Waals surface area (Å²) in [4.78, 5) is 44.6. The molecule has 2 N–H and O–H groups in total. The molecule has 0 aromatic carbocycles. The van der Waals surface area contributed by atoms with E-state index >= 15 is 0 Å². The highest BCUT2D eigenvalue weighted by atomic mass is 32.2. The van der Waals surface area contributed by atoms with Crippen molar-refractivity contribution in [3.05, 3.63) is 45.1 Å². The van der Waals surface area contributed by atoms with E-state index in [-0.39, 0.29) is 54.8 Å². The summed E-state index contributed by atoms with van der Waals surface area (Å²) in [5.41, 5.74) is 5.98. The summed E-state index contributed by atoms with van der Waals surface area (Å²) in [6.07, 6.45) is 2.72. The van der Waals surface area contributed by atoms with Crippen LogP contribution in [0.25, 0.3) is 10.2 Å². The smallest absolute Gasteiger partial charge is 0.265 e. The van der Waals surface area contributed by atoms with Crippen LogP contribution >= 0.6 is 11.3 Å². The first-order valence-electron chi connectivity index (χ1n) is 10.2. The van der Waals surface area contributed by atoms with Gasteiger partial charge in [0, 0.05) is 44.3 Å². The number of sulfonamides is 1. The van der Waals surface area contributed by atoms with E-state index in [1.807, 2.05) is 13.8 Å². The second-order valence-corrected chi connectivity index (χ2v) is 11.1. The molecule has 1 aliphatic heterocycles. The fourth-order valence-electron chi connectivity index (χ4n) is 3.88. The third-order valence-electron chi connectivity index (χ3n) is 5.92. The lowest BCUT2D eigenvalue weighted by molar-refractivity contribution is -0.133. The average Bonchev–Trinajstić information content (AvgIpc) is 3.31. The summed E-state index contributed by atoms with van der Waals surface area (Å²) in [7, 11) is -2.29. The molecule has 1 aliphatic rings. The molecule has 1 fully saturated rings. The summed E-state index contributed by atoms with van der Waals surface area (Å²) in [5, 5.41) is 0.530. The topological polar surface area (TPSA) is 141 Å². The minimum atomic E-state index is -3.84. The quantitative estimate of drug-likeness (QED) is 0.533. The monoisotopic (exact) mass is 492 g/mol. The molecule has 11 nitrogen and oxygen atoms in total. The van der Waals surface area contributed by atoms with Crippen LogP contribution in [0.4, 0.5) is 0 Å². The van der Waals surface area contributed by atoms with Crippen molar-refractivity contribution in [1.29, 1.82) is 0 Å². The average molecular weight is 493 g/mol. The molecule has 3 aromatic heterocycles. The second kappa shape index (κ2) is 8.39. The predicted molar refractivity (Wildman–Crippen MR) is 123 cm³/mol. The van der Waals surface area contributed by atoms with Gasteiger partial charge in [-0.15, -0.1) is 11.3 Å². The Morgan fingerprint density at radius 3 is 2.45 bits per heavy atom. The Morgan fingerprint density at radius 1 is 1.18 bits per heavy atom. The fourth-order valence-corrected chi connectivity index (χ4v) is 6.36. The van der Waals surface area contributed by atoms with Gasteiger partial charge in [0.2, 0.25) is 15.9 Å². The van der Waals surface area contributed by atoms with E-state index in [2.05, 4.69) is 4.98 Å². The number of rotatable bonds is 5. The van der Waals surface area contributed by atoms with Crippen molar-refractivity contribution in [2.45, 2.75) is 25.3 Å². The highest BCUT2D eigenvalue weighted by Gasteiger charge is 2.31. The Bertz CT molecular complexity index is 1430. The van der Waals surface area contributed by atoms with Gasteiger partial charge in [-0.3, -0.25) is 19.0 Å². The molecule has 13 heteroatoms. The fraction of sp³-hybridized carbons (Fsp3) is 0.400. The number of carbonyl (C=O) groups excluding carboxylic acids is 2. The molecular formula is C20H24N6O5S2. The molecule has 33 heavy (non-hydrogen) atoms. The number of nitrogens with two attached hydrogens (primary N) is 1. The van der Waals surface area contributed by atoms with Gasteiger partial charge in [-0.2, -0.15) is 4.31 Å². The Hall–Kier alpha value is -3.03. The maximum Gasteiger partial charge on any atom is 0.265 e. The van der Waals surface area contributed by atoms with Crippen molar-refractivity contribution in [3.8, 4) is 0 Å². The zero-order chi connectivity index (χ0) is 24.1. The summed E-state index contributed by atoms with van der Waals surface area (Å²) in [6, 6.07) is 1.25. The lowest BCUT2D eigenvalue weighted by Crippen LogP contribution is -2.51. The van der Waals surface area contributed by atoms with E-state index in [9.17, 15) is 22.8 Å². The number of piperazine rings is 1. The highest BCUT2D eigenvalue weighted by Crippen LogP contribution is 2.25. The van der Waals surface area contributed by atoms with Crippen molar-refractivity contribution in [2.75, 3.05) is 26.2 Å². The number of hydrogen-bond acceptors (Lipinski definition) is 7. The van der Waals surface area contributed by atoms with Gasteiger partial charge in [0.05, 0.1) is 11.7 Å². The zero-order valence-electron chi connectivity index (χ0n) is 18.4. The molecule has 0 spiro atoms. The van der Waals surface area contributed by atoms with Gasteiger partial charge < -0.3 is 15.2 Å². The van der Waals surface area contributed by atoms with Crippen LogP contribution < -0.4 is 11.3 Å². The first-order valence-corrected chi connectivity index (χ1v) is 12.5. The molecule has 0 unspecified atom stereocenters. The third kappa shape index (κ3) is 4.07. The second-order valence-electron chi connectivity index (χ2n) is 7.96. The SMILES string of the molecule is Cc1sc2ncn(CC(=O)N3CCN(S(=O)(=O)c4cc(C(N)=O)n(C)c4)CC3)c(=O)c2c1C. The summed E-state index contributed by atoms with van der Waals surface area (Å²) < 4.78 is 29.8. The maximum absolute atomic E-state index is 13.0. The molecule has 0 saturated carbocycles. The number of primary amides is 1. The number of aryl methyl sites for hydroxylation is 3. The van der Waals surface area contributed by atoms with E-state index in [0.717, 1.165) is 10.4 Å². The van der Waals surface area contributed by atoms with E-state index in [1.165, 1.54) is 48.3 Å². The maximum atomic E-state index is 13.0. The van der Waals surface area contributed by atoms with Crippen LogP contribution in [0.15, 0.2) is 28.3 Å². The van der Waals surface area contributed by atoms with Crippen LogP contribution in [-0.4, -0.2) is 69.7 Å². The van der Waals surface area contributed by atoms with Crippen molar-refractivity contribution >= 4 is 43.4 Å². The lowest BCUT2D eigenvalue weighted by Gasteiger charge is -2.33. The number of hydrogen-bond donors (Lipinski definition) is 1. The van der Waals surface area contributed by atoms with Gasteiger partial charge in [0.15, 0.2) is 0 Å². The summed E-state index contributed by atoms with van der Waals surface area (Å²) in [6.45, 7) is 4.21. The molecule has 3 aromatic rings. The first kappa shape index (κ1) is 23.1. The molecule has 0 atom stereocenters. The molecule has 0 bridgehead atoms. The van der Waals surface area contributed by atoms with Crippen LogP contribution in [0.2, 0.25) is 0 Å². The van der Waals surface area contributed by atoms with E-state index in [4.69, 9.17) is 5.73 Å². The molecule has 176 valence electrons. The van der Waals surface area contributed by atoms with Crippen molar-refractivity contribution < 1.29 is 18.0 Å². The molecular weight excluding hydrogens is 468 g/mol. The van der Waals surface area contributed by atoms with Crippen molar-refractivity contribution in [3.63, 3.8) is 0 Å². The van der Waals surface area contributed by atoms with E-state index in [1.54, 1.807) is 7.05 Å². The van der Waals surface area contributed by atoms with E-state index in [0.29, 0.717) is 10.2 Å². The minimum absolute atomic E-state index is 0.0223. The predicted octanol–water partition coefficient (Wildman–Crippen LogP) is 0.0453. The van der Waals surface area contributed by atoms with Crippen LogP contribution in [0.3, 0.4) is 0 Å². The molecule has 1 saturated heterocycles. The number of carbonyl (C=O) groups is 2. The Balaban J connectivity index is 1.45. The number of nitrogens with zero attached hydrogens (tertiary/aromatic N) is 5. The molecule has 0 aliphatic carbocycles. The molecule has 0 radical (unpaired) electrons. The third-order valence-corrected chi connectivity index (χ3v) is 8.90. The van der Waals surface area contributed by atoms with Crippen LogP contribution in [0, 0.1) is 13.8 Å². The van der Waals surface area contributed by atoms with Gasteiger partial charge >= 0.3 is 0 Å². The summed E-state index contributed by atoms with van der Waals surface area (Å²) >= 11 is 1.44. The minimum Gasteiger partial charge on any atom is -0.364 e. The van der Waals surface area contributed by atoms with Crippen LogP contribution in [-0.2, 0) is 28.4 Å². The van der Waals surface area contributed by atoms with Crippen molar-refractivity contribution in [2.24, 2.45) is 12.8 Å². The van der Waals surface area contributed by atoms with Gasteiger partial charge in [0.25, 0.3) is 11.5 Å². The standard InChI is InChI=1S/C20H24N6O5S2/c1-12-13(2)32-19-17(12)20(29)25(11-22-19)10-16(27)24-4-6-26(7-5-24)33(30,31)14-8-15(18(21)28)23(3)9-14/h8-9,11H,4-7,10H2,1-3H3,(H2,21,28). The zero-order valence-corrected chi connectivity index (χ0v) is 20.1. The van der Waals surface area contributed by atoms with Gasteiger partial charge in [-0.1, -0.05) is 0 Å². The van der Waals surface area contributed by atoms with Crippen molar-refractivity contribution in [1.82, 2.24) is 23.3 Å². The molecule has 4 rings (SSSR count). The van der Waals surface area contributed by atoms with Crippen LogP contribution in [0.5, 0.6) is 0 Å². The number of fused-ring (bicyclic) bond motifs is 1. The molecule has 2 amide bonds. The van der Waals surface area contributed by atoms with E-state index < -0.39 is 15.9 Å².